The van der Waals surface area contributed by atoms with Crippen molar-refractivity contribution in [2.75, 3.05) is 5.32 Å². The van der Waals surface area contributed by atoms with Gasteiger partial charge >= 0.3 is 5.69 Å². The number of aromatic amines is 1. The molecule has 0 spiro atoms. The minimum absolute atomic E-state index is 0.283. The second-order valence-corrected chi connectivity index (χ2v) is 6.18. The maximum Gasteiger partial charge on any atom is 0.364 e. The number of nitrogens with one attached hydrogen (secondary N) is 2. The van der Waals surface area contributed by atoms with Gasteiger partial charge in [-0.2, -0.15) is 9.61 Å². The number of hydrogen-bond acceptors (Lipinski definition) is 4. The van der Waals surface area contributed by atoms with Crippen molar-refractivity contribution in [3.8, 4) is 0 Å². The van der Waals surface area contributed by atoms with Crippen molar-refractivity contribution in [1.82, 2.24) is 19.8 Å². The molecule has 2 N–H and O–H groups in total. The van der Waals surface area contributed by atoms with Crippen LogP contribution in [0, 0.1) is 23.7 Å². The minimum atomic E-state index is -0.283. The van der Waals surface area contributed by atoms with E-state index in [-0.39, 0.29) is 5.69 Å². The quantitative estimate of drug-likeness (QED) is 0.837. The van der Waals surface area contributed by atoms with Crippen LogP contribution in [0.1, 0.15) is 19.3 Å². The molecular formula is C13H15N5O. The average molecular weight is 257 g/mol. The van der Waals surface area contributed by atoms with Crippen molar-refractivity contribution in [1.29, 1.82) is 0 Å². The van der Waals surface area contributed by atoms with Crippen LogP contribution in [0.3, 0.4) is 0 Å². The third-order valence-electron chi connectivity index (χ3n) is 5.32. The van der Waals surface area contributed by atoms with Crippen LogP contribution in [0.25, 0.3) is 5.65 Å². The van der Waals surface area contributed by atoms with Crippen molar-refractivity contribution in [3.63, 3.8) is 0 Å². The SMILES string of the molecule is O=c1[nH]nc2ccc(NC3C4C5CCC(C5)C34)nn12. The molecule has 3 saturated carbocycles. The standard InChI is InChI=1S/C13H15N5O/c19-13-16-15-9-4-3-8(17-18(9)13)14-12-10-6-1-2-7(5-6)11(10)12/h3-4,6-7,10-12H,1-2,5H2,(H,14,17)(H,16,19). The highest BCUT2D eigenvalue weighted by Gasteiger charge is 2.65. The predicted octanol–water partition coefficient (Wildman–Crippen LogP) is 0.874. The van der Waals surface area contributed by atoms with E-state index < -0.39 is 0 Å². The molecule has 0 radical (unpaired) electrons. The molecule has 2 bridgehead atoms. The molecule has 0 saturated heterocycles. The van der Waals surface area contributed by atoms with E-state index in [1.165, 1.54) is 23.8 Å². The van der Waals surface area contributed by atoms with E-state index >= 15 is 0 Å². The smallest absolute Gasteiger partial charge is 0.364 e. The molecule has 2 aromatic rings. The lowest BCUT2D eigenvalue weighted by Gasteiger charge is -2.10. The lowest BCUT2D eigenvalue weighted by atomic mass is 10.0. The summed E-state index contributed by atoms with van der Waals surface area (Å²) in [6.07, 6.45) is 4.27. The summed E-state index contributed by atoms with van der Waals surface area (Å²) in [5.41, 5.74) is 0.279. The molecule has 19 heavy (non-hydrogen) atoms. The van der Waals surface area contributed by atoms with Crippen molar-refractivity contribution < 1.29 is 0 Å². The molecule has 0 aliphatic heterocycles. The monoisotopic (exact) mass is 257 g/mol. The highest BCUT2D eigenvalue weighted by molar-refractivity contribution is 5.45. The zero-order chi connectivity index (χ0) is 12.6. The molecule has 4 atom stereocenters. The summed E-state index contributed by atoms with van der Waals surface area (Å²) in [5.74, 6) is 4.38. The topological polar surface area (TPSA) is 75.1 Å². The van der Waals surface area contributed by atoms with Gasteiger partial charge in [0.15, 0.2) is 5.65 Å². The van der Waals surface area contributed by atoms with Crippen LogP contribution >= 0.6 is 0 Å². The van der Waals surface area contributed by atoms with Crippen molar-refractivity contribution in [2.24, 2.45) is 23.7 Å². The predicted molar refractivity (Wildman–Crippen MR) is 68.8 cm³/mol. The summed E-state index contributed by atoms with van der Waals surface area (Å²) < 4.78 is 1.31. The third kappa shape index (κ3) is 1.24. The number of aromatic nitrogens is 4. The zero-order valence-corrected chi connectivity index (χ0v) is 10.4. The number of nitrogens with zero attached hydrogens (tertiary/aromatic N) is 3. The molecule has 0 aromatic carbocycles. The summed E-state index contributed by atoms with van der Waals surface area (Å²) >= 11 is 0. The van der Waals surface area contributed by atoms with E-state index in [1.54, 1.807) is 0 Å². The number of rotatable bonds is 2. The molecule has 0 amide bonds. The Kier molecular flexibility index (Phi) is 1.67. The molecule has 3 fully saturated rings. The van der Waals surface area contributed by atoms with Crippen LogP contribution in [-0.2, 0) is 0 Å². The fourth-order valence-electron chi connectivity index (χ4n) is 4.57. The Bertz CT molecular complexity index is 703. The maximum atomic E-state index is 11.5. The van der Waals surface area contributed by atoms with Crippen LogP contribution in [0.2, 0.25) is 0 Å². The van der Waals surface area contributed by atoms with Gasteiger partial charge in [0.2, 0.25) is 0 Å². The number of hydrogen-bond donors (Lipinski definition) is 2. The Morgan fingerprint density at radius 2 is 2.05 bits per heavy atom. The summed E-state index contributed by atoms with van der Waals surface area (Å²) in [6.45, 7) is 0. The lowest BCUT2D eigenvalue weighted by molar-refractivity contribution is 0.456. The lowest BCUT2D eigenvalue weighted by Crippen LogP contribution is -2.17. The molecule has 4 unspecified atom stereocenters. The van der Waals surface area contributed by atoms with Gasteiger partial charge in [-0.15, -0.1) is 5.10 Å². The molecule has 2 heterocycles. The molecule has 2 aromatic heterocycles. The molecule has 6 heteroatoms. The third-order valence-corrected chi connectivity index (χ3v) is 5.32. The Balaban J connectivity index is 1.44. The summed E-state index contributed by atoms with van der Waals surface area (Å²) in [6, 6.07) is 4.31. The van der Waals surface area contributed by atoms with Gasteiger partial charge in [0, 0.05) is 6.04 Å². The summed E-state index contributed by atoms with van der Waals surface area (Å²) in [5, 5.41) is 14.1. The van der Waals surface area contributed by atoms with Crippen LogP contribution in [-0.4, -0.2) is 25.9 Å². The highest BCUT2D eigenvalue weighted by atomic mass is 16.2. The van der Waals surface area contributed by atoms with Crippen LogP contribution in [0.15, 0.2) is 16.9 Å². The number of fused-ring (bicyclic) bond motifs is 6. The summed E-state index contributed by atoms with van der Waals surface area (Å²) in [7, 11) is 0. The molecule has 98 valence electrons. The fraction of sp³-hybridized carbons (Fsp3) is 0.615. The van der Waals surface area contributed by atoms with E-state index in [9.17, 15) is 4.79 Å². The maximum absolute atomic E-state index is 11.5. The van der Waals surface area contributed by atoms with Crippen LogP contribution in [0.4, 0.5) is 5.82 Å². The van der Waals surface area contributed by atoms with E-state index in [2.05, 4.69) is 20.6 Å². The molecule has 3 aliphatic carbocycles. The first-order valence-electron chi connectivity index (χ1n) is 7.02. The summed E-state index contributed by atoms with van der Waals surface area (Å²) in [4.78, 5) is 11.5. The van der Waals surface area contributed by atoms with E-state index in [1.807, 2.05) is 12.1 Å². The van der Waals surface area contributed by atoms with Gasteiger partial charge in [0.25, 0.3) is 0 Å². The van der Waals surface area contributed by atoms with E-state index in [0.29, 0.717) is 11.7 Å². The fourth-order valence-corrected chi connectivity index (χ4v) is 4.57. The molecular weight excluding hydrogens is 242 g/mol. The van der Waals surface area contributed by atoms with Gasteiger partial charge < -0.3 is 5.32 Å². The first-order valence-corrected chi connectivity index (χ1v) is 7.02. The van der Waals surface area contributed by atoms with Gasteiger partial charge in [0.05, 0.1) is 0 Å². The average Bonchev–Trinajstić information content (AvgIpc) is 2.81. The zero-order valence-electron chi connectivity index (χ0n) is 10.4. The van der Waals surface area contributed by atoms with Gasteiger partial charge in [-0.1, -0.05) is 0 Å². The second-order valence-electron chi connectivity index (χ2n) is 6.18. The first kappa shape index (κ1) is 10.00. The first-order chi connectivity index (χ1) is 9.31. The van der Waals surface area contributed by atoms with E-state index in [0.717, 1.165) is 29.5 Å². The minimum Gasteiger partial charge on any atom is -0.365 e. The highest BCUT2D eigenvalue weighted by Crippen LogP contribution is 2.66. The van der Waals surface area contributed by atoms with E-state index in [4.69, 9.17) is 0 Å². The van der Waals surface area contributed by atoms with Crippen LogP contribution in [0.5, 0.6) is 0 Å². The number of anilines is 1. The van der Waals surface area contributed by atoms with Crippen molar-refractivity contribution in [2.45, 2.75) is 25.3 Å². The van der Waals surface area contributed by atoms with Gasteiger partial charge in [0.1, 0.15) is 5.82 Å². The largest absolute Gasteiger partial charge is 0.365 e. The van der Waals surface area contributed by atoms with Gasteiger partial charge in [-0.05, 0) is 55.1 Å². The molecule has 5 rings (SSSR count). The van der Waals surface area contributed by atoms with Crippen LogP contribution < -0.4 is 11.0 Å². The van der Waals surface area contributed by atoms with Gasteiger partial charge in [-0.25, -0.2) is 9.89 Å². The Hall–Kier alpha value is -1.85. The molecule has 6 nitrogen and oxygen atoms in total. The second kappa shape index (κ2) is 3.18. The Morgan fingerprint density at radius 3 is 2.84 bits per heavy atom. The molecule has 3 aliphatic rings. The number of H-pyrrole nitrogens is 1. The normalized spacial score (nSPS) is 38.6. The Morgan fingerprint density at radius 1 is 1.26 bits per heavy atom. The van der Waals surface area contributed by atoms with Crippen molar-refractivity contribution in [3.05, 3.63) is 22.6 Å². The van der Waals surface area contributed by atoms with Crippen molar-refractivity contribution >= 4 is 11.5 Å². The van der Waals surface area contributed by atoms with Gasteiger partial charge in [-0.3, -0.25) is 0 Å². The Labute approximate surface area is 109 Å².